The smallest absolute Gasteiger partial charge is 0.339 e. The summed E-state index contributed by atoms with van der Waals surface area (Å²) in [6, 6.07) is 17.9. The van der Waals surface area contributed by atoms with Gasteiger partial charge in [0, 0.05) is 33.9 Å². The van der Waals surface area contributed by atoms with Crippen molar-refractivity contribution < 1.29 is 38.1 Å². The molecular weight excluding hydrogens is 548 g/mol. The van der Waals surface area contributed by atoms with Crippen LogP contribution in [0, 0.1) is 0 Å². The molecule has 0 unspecified atom stereocenters. The highest BCUT2D eigenvalue weighted by atomic mass is 16.6. The molecule has 0 aliphatic heterocycles. The van der Waals surface area contributed by atoms with E-state index in [2.05, 4.69) is 19.7 Å². The third-order valence-corrected chi connectivity index (χ3v) is 6.15. The van der Waals surface area contributed by atoms with Crippen molar-refractivity contribution in [1.29, 1.82) is 0 Å². The first-order chi connectivity index (χ1) is 20.3. The number of rotatable bonds is 10. The fraction of sp³-hybridized carbons (Fsp3) is 0.143. The fourth-order valence-corrected chi connectivity index (χ4v) is 3.49. The van der Waals surface area contributed by atoms with E-state index in [-0.39, 0.29) is 28.2 Å². The van der Waals surface area contributed by atoms with Crippen LogP contribution in [-0.2, 0) is 19.2 Å². The van der Waals surface area contributed by atoms with E-state index in [0.29, 0.717) is 33.8 Å². The van der Waals surface area contributed by atoms with Crippen molar-refractivity contribution in [2.75, 3.05) is 0 Å². The Kier molecular flexibility index (Phi) is 10.4. The van der Waals surface area contributed by atoms with Gasteiger partial charge in [-0.2, -0.15) is 0 Å². The maximum atomic E-state index is 13.1. The minimum Gasteiger partial charge on any atom is -0.423 e. The summed E-state index contributed by atoms with van der Waals surface area (Å²) in [7, 11) is 0. The van der Waals surface area contributed by atoms with Crippen molar-refractivity contribution in [3.63, 3.8) is 0 Å². The Labute approximate surface area is 250 Å². The first-order valence-corrected chi connectivity index (χ1v) is 13.1. The molecule has 0 amide bonds. The Morgan fingerprint density at radius 3 is 1.42 bits per heavy atom. The lowest BCUT2D eigenvalue weighted by atomic mass is 10.0. The van der Waals surface area contributed by atoms with E-state index in [0.717, 1.165) is 5.56 Å². The van der Waals surface area contributed by atoms with Gasteiger partial charge in [0.25, 0.3) is 0 Å². The zero-order valence-electron chi connectivity index (χ0n) is 24.7. The summed E-state index contributed by atoms with van der Waals surface area (Å²) < 4.78 is 21.6. The number of esters is 4. The molecule has 3 aromatic rings. The average molecular weight is 581 g/mol. The highest BCUT2D eigenvalue weighted by Crippen LogP contribution is 2.35. The number of ether oxygens (including phenoxy) is 4. The summed E-state index contributed by atoms with van der Waals surface area (Å²) in [5, 5.41) is 0. The van der Waals surface area contributed by atoms with Crippen molar-refractivity contribution in [2.45, 2.75) is 34.6 Å². The second-order valence-electron chi connectivity index (χ2n) is 9.86. The van der Waals surface area contributed by atoms with Crippen LogP contribution in [0.5, 0.6) is 23.0 Å². The molecular formula is C35H32O8. The first-order valence-electron chi connectivity index (χ1n) is 13.1. The highest BCUT2D eigenvalue weighted by molar-refractivity contribution is 5.98. The van der Waals surface area contributed by atoms with Crippen LogP contribution in [-0.4, -0.2) is 23.9 Å². The Morgan fingerprint density at radius 2 is 0.930 bits per heavy atom. The molecule has 0 fully saturated rings. The van der Waals surface area contributed by atoms with Crippen LogP contribution in [0.4, 0.5) is 0 Å². The fourth-order valence-electron chi connectivity index (χ4n) is 3.49. The third kappa shape index (κ3) is 8.50. The van der Waals surface area contributed by atoms with Crippen LogP contribution in [0.1, 0.15) is 40.2 Å². The molecule has 0 bridgehead atoms. The molecule has 8 heteroatoms. The molecule has 0 N–H and O–H groups in total. The minimum atomic E-state index is -0.652. The number of allylic oxidation sites excluding steroid dienone is 1. The van der Waals surface area contributed by atoms with Gasteiger partial charge in [-0.1, -0.05) is 44.0 Å². The Balaban J connectivity index is 1.86. The van der Waals surface area contributed by atoms with Gasteiger partial charge in [0.05, 0.1) is 0 Å². The Hall–Kier alpha value is -5.50. The molecule has 0 spiro atoms. The maximum absolute atomic E-state index is 13.1. The molecule has 0 aromatic heterocycles. The van der Waals surface area contributed by atoms with Gasteiger partial charge in [-0.3, -0.25) is 0 Å². The van der Waals surface area contributed by atoms with Crippen molar-refractivity contribution in [3.05, 3.63) is 114 Å². The highest BCUT2D eigenvalue weighted by Gasteiger charge is 2.17. The predicted octanol–water partition coefficient (Wildman–Crippen LogP) is 7.20. The molecule has 0 radical (unpaired) electrons. The standard InChI is InChI=1S/C35H32O8/c1-20(2)32(36)40-27-13-9-25(10-14-27)23(7)24(8)35(39)42-29-17-18-30(31(19-29)43-34(38)22(5)6)26-11-15-28(16-12-26)41-33(37)21(3)4/h9-19H,1,3,5H2,2,4,6-8H3/b24-23+. The summed E-state index contributed by atoms with van der Waals surface area (Å²) in [5.74, 6) is -1.37. The number of hydrogen-bond donors (Lipinski definition) is 0. The third-order valence-electron chi connectivity index (χ3n) is 6.15. The predicted molar refractivity (Wildman–Crippen MR) is 164 cm³/mol. The quantitative estimate of drug-likeness (QED) is 0.141. The van der Waals surface area contributed by atoms with Gasteiger partial charge >= 0.3 is 23.9 Å². The summed E-state index contributed by atoms with van der Waals surface area (Å²) in [5.41, 5.74) is 3.65. The van der Waals surface area contributed by atoms with Gasteiger partial charge < -0.3 is 18.9 Å². The van der Waals surface area contributed by atoms with Gasteiger partial charge in [-0.05, 0) is 87.7 Å². The monoisotopic (exact) mass is 580 g/mol. The Morgan fingerprint density at radius 1 is 0.512 bits per heavy atom. The summed E-state index contributed by atoms with van der Waals surface area (Å²) in [6.07, 6.45) is 0. The summed E-state index contributed by atoms with van der Waals surface area (Å²) in [6.45, 7) is 18.8. The normalized spacial score (nSPS) is 11.0. The SMILES string of the molecule is C=C(C)C(=O)Oc1ccc(/C(C)=C(\C)C(=O)Oc2ccc(-c3ccc(OC(=O)C(=C)C)cc3)c(OC(=O)C(=C)C)c2)cc1. The van der Waals surface area contributed by atoms with E-state index in [1.165, 1.54) is 13.0 Å². The van der Waals surface area contributed by atoms with E-state index in [9.17, 15) is 19.2 Å². The largest absolute Gasteiger partial charge is 0.423 e. The maximum Gasteiger partial charge on any atom is 0.339 e. The molecule has 3 aromatic carbocycles. The summed E-state index contributed by atoms with van der Waals surface area (Å²) in [4.78, 5) is 49.0. The van der Waals surface area contributed by atoms with Crippen molar-refractivity contribution in [3.8, 4) is 34.1 Å². The molecule has 220 valence electrons. The zero-order valence-corrected chi connectivity index (χ0v) is 24.7. The van der Waals surface area contributed by atoms with Gasteiger partial charge in [0.15, 0.2) is 0 Å². The molecule has 0 heterocycles. The van der Waals surface area contributed by atoms with Crippen LogP contribution in [0.25, 0.3) is 16.7 Å². The first kappa shape index (κ1) is 32.0. The molecule has 3 rings (SSSR count). The molecule has 0 aliphatic rings. The van der Waals surface area contributed by atoms with Gasteiger partial charge in [0.2, 0.25) is 0 Å². The second kappa shape index (κ2) is 13.9. The van der Waals surface area contributed by atoms with E-state index in [1.807, 2.05) is 0 Å². The molecule has 0 atom stereocenters. The molecule has 0 aliphatic carbocycles. The van der Waals surface area contributed by atoms with E-state index in [4.69, 9.17) is 18.9 Å². The number of benzene rings is 3. The number of hydrogen-bond acceptors (Lipinski definition) is 8. The van der Waals surface area contributed by atoms with Crippen molar-refractivity contribution >= 4 is 29.5 Å². The van der Waals surface area contributed by atoms with Gasteiger partial charge in [0.1, 0.15) is 23.0 Å². The van der Waals surface area contributed by atoms with Crippen LogP contribution in [0.15, 0.2) is 109 Å². The van der Waals surface area contributed by atoms with Crippen LogP contribution >= 0.6 is 0 Å². The van der Waals surface area contributed by atoms with E-state index in [1.54, 1.807) is 88.4 Å². The lowest BCUT2D eigenvalue weighted by Crippen LogP contribution is -2.12. The minimum absolute atomic E-state index is 0.142. The second-order valence-corrected chi connectivity index (χ2v) is 9.86. The van der Waals surface area contributed by atoms with E-state index < -0.39 is 23.9 Å². The Bertz CT molecular complexity index is 1650. The van der Waals surface area contributed by atoms with Crippen molar-refractivity contribution in [2.24, 2.45) is 0 Å². The molecule has 43 heavy (non-hydrogen) atoms. The summed E-state index contributed by atoms with van der Waals surface area (Å²) >= 11 is 0. The average Bonchev–Trinajstić information content (AvgIpc) is 2.97. The number of carbonyl (C=O) groups is 4. The topological polar surface area (TPSA) is 105 Å². The van der Waals surface area contributed by atoms with Crippen molar-refractivity contribution in [1.82, 2.24) is 0 Å². The molecule has 0 saturated heterocycles. The lowest BCUT2D eigenvalue weighted by molar-refractivity contribution is -0.131. The van der Waals surface area contributed by atoms with Gasteiger partial charge in [-0.25, -0.2) is 19.2 Å². The molecule has 0 saturated carbocycles. The molecule has 8 nitrogen and oxygen atoms in total. The van der Waals surface area contributed by atoms with E-state index >= 15 is 0 Å². The zero-order chi connectivity index (χ0) is 31.8. The van der Waals surface area contributed by atoms with Crippen LogP contribution in [0.2, 0.25) is 0 Å². The lowest BCUT2D eigenvalue weighted by Gasteiger charge is -2.14. The van der Waals surface area contributed by atoms with Gasteiger partial charge in [-0.15, -0.1) is 0 Å². The van der Waals surface area contributed by atoms with Crippen LogP contribution < -0.4 is 18.9 Å². The van der Waals surface area contributed by atoms with Crippen LogP contribution in [0.3, 0.4) is 0 Å². The number of carbonyl (C=O) groups excluding carboxylic acids is 4.